The molecule has 2 heterocycles. The lowest BCUT2D eigenvalue weighted by Gasteiger charge is -2.24. The van der Waals surface area contributed by atoms with E-state index in [-0.39, 0.29) is 0 Å². The zero-order valence-corrected chi connectivity index (χ0v) is 8.59. The van der Waals surface area contributed by atoms with Crippen LogP contribution in [0.4, 0.5) is 4.39 Å². The van der Waals surface area contributed by atoms with Crippen molar-refractivity contribution in [2.24, 2.45) is 0 Å². The van der Waals surface area contributed by atoms with Crippen LogP contribution in [0.15, 0.2) is 0 Å². The summed E-state index contributed by atoms with van der Waals surface area (Å²) in [5.74, 6) is -0.818. The smallest absolute Gasteiger partial charge is 0.190 e. The van der Waals surface area contributed by atoms with Gasteiger partial charge in [-0.05, 0) is 13.8 Å². The maximum Gasteiger partial charge on any atom is 0.190 e. The van der Waals surface area contributed by atoms with Crippen molar-refractivity contribution in [1.29, 1.82) is 0 Å². The van der Waals surface area contributed by atoms with Gasteiger partial charge in [-0.3, -0.25) is 0 Å². The predicted molar refractivity (Wildman–Crippen MR) is 46.7 cm³/mol. The van der Waals surface area contributed by atoms with Crippen LogP contribution >= 0.6 is 0 Å². The third-order valence-electron chi connectivity index (χ3n) is 2.59. The van der Waals surface area contributed by atoms with Crippen molar-refractivity contribution >= 4 is 0 Å². The number of ether oxygens (including phenoxy) is 3. The molecule has 5 atom stereocenters. The fourth-order valence-electron chi connectivity index (χ4n) is 1.92. The van der Waals surface area contributed by atoms with Gasteiger partial charge in [0.15, 0.2) is 12.1 Å². The normalized spacial score (nSPS) is 45.4. The molecule has 0 aromatic heterocycles. The van der Waals surface area contributed by atoms with E-state index in [2.05, 4.69) is 0 Å². The Morgan fingerprint density at radius 1 is 1.40 bits per heavy atom. The van der Waals surface area contributed by atoms with Gasteiger partial charge in [0.25, 0.3) is 0 Å². The molecule has 2 saturated heterocycles. The third-order valence-corrected chi connectivity index (χ3v) is 2.59. The van der Waals surface area contributed by atoms with Crippen molar-refractivity contribution in [3.05, 3.63) is 0 Å². The summed E-state index contributed by atoms with van der Waals surface area (Å²) < 4.78 is 28.1. The monoisotopic (exact) mass is 222 g/mol. The maximum absolute atomic E-state index is 12.2. The van der Waals surface area contributed by atoms with Gasteiger partial charge in [-0.2, -0.15) is 0 Å². The molecular weight excluding hydrogens is 207 g/mol. The highest BCUT2D eigenvalue weighted by atomic mass is 19.1. The van der Waals surface area contributed by atoms with Crippen LogP contribution in [0.2, 0.25) is 0 Å². The van der Waals surface area contributed by atoms with Gasteiger partial charge in [0.1, 0.15) is 31.1 Å². The van der Waals surface area contributed by atoms with Crippen molar-refractivity contribution in [2.45, 2.75) is 50.3 Å². The summed E-state index contributed by atoms with van der Waals surface area (Å²) in [6.07, 6.45) is -4.79. The van der Waals surface area contributed by atoms with E-state index in [9.17, 15) is 14.6 Å². The molecule has 0 aromatic rings. The van der Waals surface area contributed by atoms with E-state index in [1.165, 1.54) is 0 Å². The molecule has 0 spiro atoms. The number of rotatable bonds is 2. The molecule has 0 bridgehead atoms. The van der Waals surface area contributed by atoms with Crippen LogP contribution in [-0.4, -0.2) is 53.4 Å². The summed E-state index contributed by atoms with van der Waals surface area (Å²) >= 11 is 0. The van der Waals surface area contributed by atoms with Gasteiger partial charge in [-0.15, -0.1) is 0 Å². The molecule has 0 saturated carbocycles. The first kappa shape index (κ1) is 11.2. The Morgan fingerprint density at radius 2 is 2.07 bits per heavy atom. The number of halogens is 1. The summed E-state index contributed by atoms with van der Waals surface area (Å²) in [4.78, 5) is 0. The van der Waals surface area contributed by atoms with E-state index in [1.54, 1.807) is 13.8 Å². The van der Waals surface area contributed by atoms with Crippen molar-refractivity contribution in [1.82, 2.24) is 0 Å². The van der Waals surface area contributed by atoms with E-state index >= 15 is 0 Å². The second-order valence-corrected chi connectivity index (χ2v) is 4.28. The van der Waals surface area contributed by atoms with Gasteiger partial charge in [0.2, 0.25) is 0 Å². The van der Waals surface area contributed by atoms with E-state index in [1.807, 2.05) is 0 Å². The Balaban J connectivity index is 2.05. The van der Waals surface area contributed by atoms with Crippen LogP contribution in [0.1, 0.15) is 13.8 Å². The minimum Gasteiger partial charge on any atom is -0.388 e. The molecule has 15 heavy (non-hydrogen) atoms. The van der Waals surface area contributed by atoms with Crippen LogP contribution < -0.4 is 0 Å². The molecule has 2 N–H and O–H groups in total. The highest BCUT2D eigenvalue weighted by Gasteiger charge is 2.55. The van der Waals surface area contributed by atoms with Crippen LogP contribution in [0.3, 0.4) is 0 Å². The Kier molecular flexibility index (Phi) is 2.72. The van der Waals surface area contributed by atoms with Crippen molar-refractivity contribution in [2.75, 3.05) is 6.67 Å². The molecule has 0 amide bonds. The van der Waals surface area contributed by atoms with Crippen molar-refractivity contribution < 1.29 is 28.8 Å². The first-order chi connectivity index (χ1) is 6.94. The second kappa shape index (κ2) is 3.64. The number of hydrogen-bond acceptors (Lipinski definition) is 5. The molecule has 5 nitrogen and oxygen atoms in total. The highest BCUT2D eigenvalue weighted by Crippen LogP contribution is 2.38. The predicted octanol–water partition coefficient (Wildman–Crippen LogP) is -0.446. The molecule has 0 aliphatic carbocycles. The average Bonchev–Trinajstić information content (AvgIpc) is 2.60. The minimum absolute atomic E-state index is 0.661. The standard InChI is InChI=1S/C9H15FO5/c1-9(2)14-7-5(12)6(4(11)3-10)13-8(7)15-9/h4-8,11-12H,3H2,1-2H3/t4-,5-,6+,7-,8+/m0/s1. The molecule has 0 unspecified atom stereocenters. The lowest BCUT2D eigenvalue weighted by Crippen LogP contribution is -2.41. The number of aliphatic hydroxyl groups excluding tert-OH is 2. The summed E-state index contributed by atoms with van der Waals surface area (Å²) in [6.45, 7) is 2.43. The van der Waals surface area contributed by atoms with Gasteiger partial charge >= 0.3 is 0 Å². The molecule has 88 valence electrons. The topological polar surface area (TPSA) is 68.2 Å². The van der Waals surface area contributed by atoms with E-state index in [4.69, 9.17) is 14.2 Å². The Bertz CT molecular complexity index is 247. The second-order valence-electron chi connectivity index (χ2n) is 4.28. The largest absolute Gasteiger partial charge is 0.388 e. The Hall–Kier alpha value is -0.270. The lowest BCUT2D eigenvalue weighted by molar-refractivity contribution is -0.226. The van der Waals surface area contributed by atoms with Crippen LogP contribution in [0, 0.1) is 0 Å². The van der Waals surface area contributed by atoms with Gasteiger partial charge in [0, 0.05) is 0 Å². The maximum atomic E-state index is 12.2. The third kappa shape index (κ3) is 1.88. The van der Waals surface area contributed by atoms with E-state index in [0.717, 1.165) is 0 Å². The van der Waals surface area contributed by atoms with E-state index in [0.29, 0.717) is 0 Å². The van der Waals surface area contributed by atoms with Gasteiger partial charge in [-0.1, -0.05) is 0 Å². The highest BCUT2D eigenvalue weighted by molar-refractivity contribution is 4.95. The van der Waals surface area contributed by atoms with Crippen LogP contribution in [-0.2, 0) is 14.2 Å². The lowest BCUT2D eigenvalue weighted by atomic mass is 10.1. The molecule has 0 radical (unpaired) electrons. The van der Waals surface area contributed by atoms with Crippen molar-refractivity contribution in [3.63, 3.8) is 0 Å². The molecule has 2 fully saturated rings. The van der Waals surface area contributed by atoms with E-state index < -0.39 is 43.2 Å². The SMILES string of the molecule is CC1(C)O[C@H]2O[C@H]([C@@H](O)CF)[C@H](O)[C@@H]2O1. The quantitative estimate of drug-likeness (QED) is 0.662. The van der Waals surface area contributed by atoms with Crippen LogP contribution in [0.25, 0.3) is 0 Å². The van der Waals surface area contributed by atoms with Gasteiger partial charge in [-0.25, -0.2) is 4.39 Å². The summed E-state index contributed by atoms with van der Waals surface area (Å²) in [5.41, 5.74) is 0. The summed E-state index contributed by atoms with van der Waals surface area (Å²) in [6, 6.07) is 0. The first-order valence-electron chi connectivity index (χ1n) is 4.88. The van der Waals surface area contributed by atoms with Gasteiger partial charge < -0.3 is 24.4 Å². The molecular formula is C9H15FO5. The van der Waals surface area contributed by atoms with Crippen molar-refractivity contribution in [3.8, 4) is 0 Å². The average molecular weight is 222 g/mol. The molecule has 2 aliphatic heterocycles. The zero-order valence-electron chi connectivity index (χ0n) is 8.59. The first-order valence-corrected chi connectivity index (χ1v) is 4.88. The Labute approximate surface area is 86.7 Å². The minimum atomic E-state index is -1.35. The Morgan fingerprint density at radius 3 is 2.60 bits per heavy atom. The number of hydrogen-bond donors (Lipinski definition) is 2. The fraction of sp³-hybridized carbons (Fsp3) is 1.00. The molecule has 0 aromatic carbocycles. The summed E-state index contributed by atoms with van der Waals surface area (Å²) in [7, 11) is 0. The number of aliphatic hydroxyl groups is 2. The van der Waals surface area contributed by atoms with Crippen LogP contribution in [0.5, 0.6) is 0 Å². The number of fused-ring (bicyclic) bond motifs is 1. The molecule has 2 rings (SSSR count). The fourth-order valence-corrected chi connectivity index (χ4v) is 1.92. The molecule has 6 heteroatoms. The molecule has 2 aliphatic rings. The van der Waals surface area contributed by atoms with Gasteiger partial charge in [0.05, 0.1) is 0 Å². The number of alkyl halides is 1. The zero-order chi connectivity index (χ0) is 11.2. The summed E-state index contributed by atoms with van der Waals surface area (Å²) in [5, 5.41) is 19.0.